The zero-order valence-corrected chi connectivity index (χ0v) is 8.88. The van der Waals surface area contributed by atoms with Crippen LogP contribution in [0.2, 0.25) is 0 Å². The summed E-state index contributed by atoms with van der Waals surface area (Å²) in [7, 11) is 0. The van der Waals surface area contributed by atoms with Crippen molar-refractivity contribution in [3.8, 4) is 0 Å². The van der Waals surface area contributed by atoms with Crippen LogP contribution in [0.1, 0.15) is 24.5 Å². The standard InChI is InChI=1S/C10H8BrFO2/c11-6-1-2-7(8(12)5-6)9-3-4-10(13)14-9/h1-2,5,9H,3-4H2. The second-order valence-electron chi connectivity index (χ2n) is 3.18. The minimum absolute atomic E-state index is 0.252. The summed E-state index contributed by atoms with van der Waals surface area (Å²) in [6, 6.07) is 4.76. The van der Waals surface area contributed by atoms with E-state index in [-0.39, 0.29) is 11.8 Å². The average molecular weight is 259 g/mol. The van der Waals surface area contributed by atoms with Crippen LogP contribution in [-0.4, -0.2) is 5.97 Å². The normalized spacial score (nSPS) is 21.0. The smallest absolute Gasteiger partial charge is 0.306 e. The van der Waals surface area contributed by atoms with Crippen LogP contribution in [-0.2, 0) is 9.53 Å². The molecule has 74 valence electrons. The van der Waals surface area contributed by atoms with Gasteiger partial charge >= 0.3 is 5.97 Å². The number of carbonyl (C=O) groups excluding carboxylic acids is 1. The van der Waals surface area contributed by atoms with Gasteiger partial charge in [0.1, 0.15) is 11.9 Å². The van der Waals surface area contributed by atoms with Crippen molar-refractivity contribution in [3.05, 3.63) is 34.1 Å². The van der Waals surface area contributed by atoms with Crippen LogP contribution in [0.4, 0.5) is 4.39 Å². The van der Waals surface area contributed by atoms with Crippen LogP contribution in [0.15, 0.2) is 22.7 Å². The topological polar surface area (TPSA) is 26.3 Å². The molecule has 1 aliphatic rings. The highest BCUT2D eigenvalue weighted by molar-refractivity contribution is 9.10. The van der Waals surface area contributed by atoms with Gasteiger partial charge in [-0.15, -0.1) is 0 Å². The molecule has 1 aromatic carbocycles. The van der Waals surface area contributed by atoms with Gasteiger partial charge in [-0.05, 0) is 18.6 Å². The molecule has 1 heterocycles. The van der Waals surface area contributed by atoms with Crippen molar-refractivity contribution in [3.63, 3.8) is 0 Å². The van der Waals surface area contributed by atoms with E-state index in [1.54, 1.807) is 12.1 Å². The van der Waals surface area contributed by atoms with Gasteiger partial charge in [-0.25, -0.2) is 4.39 Å². The van der Waals surface area contributed by atoms with E-state index in [2.05, 4.69) is 15.9 Å². The van der Waals surface area contributed by atoms with Gasteiger partial charge < -0.3 is 4.74 Å². The number of halogens is 2. The number of ether oxygens (including phenoxy) is 1. The first-order valence-corrected chi connectivity index (χ1v) is 5.10. The van der Waals surface area contributed by atoms with E-state index in [0.717, 1.165) is 0 Å². The fourth-order valence-electron chi connectivity index (χ4n) is 1.51. The number of cyclic esters (lactones) is 1. The molecule has 0 aromatic heterocycles. The van der Waals surface area contributed by atoms with Crippen LogP contribution < -0.4 is 0 Å². The predicted octanol–water partition coefficient (Wildman–Crippen LogP) is 2.97. The maximum Gasteiger partial charge on any atom is 0.306 e. The monoisotopic (exact) mass is 258 g/mol. The third-order valence-corrected chi connectivity index (χ3v) is 2.69. The van der Waals surface area contributed by atoms with Gasteiger partial charge in [-0.2, -0.15) is 0 Å². The van der Waals surface area contributed by atoms with Gasteiger partial charge in [0.05, 0.1) is 0 Å². The molecule has 1 fully saturated rings. The molecule has 4 heteroatoms. The summed E-state index contributed by atoms with van der Waals surface area (Å²) in [4.78, 5) is 10.9. The highest BCUT2D eigenvalue weighted by atomic mass is 79.9. The van der Waals surface area contributed by atoms with E-state index in [1.165, 1.54) is 6.07 Å². The van der Waals surface area contributed by atoms with E-state index in [0.29, 0.717) is 22.9 Å². The van der Waals surface area contributed by atoms with Crippen molar-refractivity contribution in [1.82, 2.24) is 0 Å². The summed E-state index contributed by atoms with van der Waals surface area (Å²) in [5, 5.41) is 0. The van der Waals surface area contributed by atoms with E-state index in [9.17, 15) is 9.18 Å². The molecule has 0 bridgehead atoms. The van der Waals surface area contributed by atoms with Crippen molar-refractivity contribution in [2.45, 2.75) is 18.9 Å². The van der Waals surface area contributed by atoms with Crippen LogP contribution in [0.3, 0.4) is 0 Å². The second-order valence-corrected chi connectivity index (χ2v) is 4.10. The molecule has 0 radical (unpaired) electrons. The van der Waals surface area contributed by atoms with E-state index in [4.69, 9.17) is 4.74 Å². The number of hydrogen-bond donors (Lipinski definition) is 0. The van der Waals surface area contributed by atoms with Gasteiger partial charge in [0, 0.05) is 16.5 Å². The molecule has 14 heavy (non-hydrogen) atoms. The minimum atomic E-state index is -0.407. The Morgan fingerprint density at radius 1 is 1.50 bits per heavy atom. The zero-order valence-electron chi connectivity index (χ0n) is 7.30. The lowest BCUT2D eigenvalue weighted by molar-refractivity contribution is -0.141. The molecular weight excluding hydrogens is 251 g/mol. The largest absolute Gasteiger partial charge is 0.457 e. The Labute approximate surface area is 89.2 Å². The molecule has 0 saturated carbocycles. The van der Waals surface area contributed by atoms with Gasteiger partial charge in [-0.1, -0.05) is 22.0 Å². The third-order valence-electron chi connectivity index (χ3n) is 2.19. The predicted molar refractivity (Wildman–Crippen MR) is 52.2 cm³/mol. The maximum atomic E-state index is 13.4. The highest BCUT2D eigenvalue weighted by Crippen LogP contribution is 2.31. The van der Waals surface area contributed by atoms with Crippen molar-refractivity contribution in [2.75, 3.05) is 0 Å². The van der Waals surface area contributed by atoms with E-state index < -0.39 is 6.10 Å². The second kappa shape index (κ2) is 3.69. The first kappa shape index (κ1) is 9.65. The van der Waals surface area contributed by atoms with Crippen LogP contribution in [0.5, 0.6) is 0 Å². The molecule has 2 nitrogen and oxygen atoms in total. The minimum Gasteiger partial charge on any atom is -0.457 e. The maximum absolute atomic E-state index is 13.4. The molecule has 0 N–H and O–H groups in total. The Kier molecular flexibility index (Phi) is 2.54. The fourth-order valence-corrected chi connectivity index (χ4v) is 1.84. The molecule has 0 aliphatic carbocycles. The Bertz CT molecular complexity index is 378. The lowest BCUT2D eigenvalue weighted by atomic mass is 10.1. The molecule has 0 amide bonds. The Balaban J connectivity index is 2.28. The molecule has 1 aliphatic heterocycles. The zero-order chi connectivity index (χ0) is 10.1. The van der Waals surface area contributed by atoms with Gasteiger partial charge in [-0.3, -0.25) is 4.79 Å². The Hall–Kier alpha value is -0.900. The quantitative estimate of drug-likeness (QED) is 0.725. The lowest BCUT2D eigenvalue weighted by Gasteiger charge is -2.10. The summed E-state index contributed by atoms with van der Waals surface area (Å²) in [6.45, 7) is 0. The highest BCUT2D eigenvalue weighted by Gasteiger charge is 2.26. The average Bonchev–Trinajstić information content (AvgIpc) is 2.51. The number of rotatable bonds is 1. The first-order valence-electron chi connectivity index (χ1n) is 4.31. The SMILES string of the molecule is O=C1CCC(c2ccc(Br)cc2F)O1. The summed E-state index contributed by atoms with van der Waals surface area (Å²) in [5.41, 5.74) is 0.457. The molecule has 1 atom stereocenters. The van der Waals surface area contributed by atoms with Gasteiger partial charge in [0.15, 0.2) is 0 Å². The summed E-state index contributed by atoms with van der Waals surface area (Å²) in [5.74, 6) is -0.587. The first-order chi connectivity index (χ1) is 6.66. The summed E-state index contributed by atoms with van der Waals surface area (Å²) < 4.78 is 19.1. The lowest BCUT2D eigenvalue weighted by Crippen LogP contribution is -2.01. The van der Waals surface area contributed by atoms with Gasteiger partial charge in [0.25, 0.3) is 0 Å². The molecule has 1 saturated heterocycles. The number of hydrogen-bond acceptors (Lipinski definition) is 2. The Morgan fingerprint density at radius 3 is 2.86 bits per heavy atom. The Morgan fingerprint density at radius 2 is 2.29 bits per heavy atom. The number of benzene rings is 1. The van der Waals surface area contributed by atoms with Crippen LogP contribution in [0.25, 0.3) is 0 Å². The van der Waals surface area contributed by atoms with Crippen molar-refractivity contribution < 1.29 is 13.9 Å². The van der Waals surface area contributed by atoms with Crippen LogP contribution >= 0.6 is 15.9 Å². The van der Waals surface area contributed by atoms with Crippen molar-refractivity contribution >= 4 is 21.9 Å². The molecule has 0 spiro atoms. The fraction of sp³-hybridized carbons (Fsp3) is 0.300. The summed E-state index contributed by atoms with van der Waals surface area (Å²) in [6.07, 6.45) is 0.535. The molecule has 1 unspecified atom stereocenters. The van der Waals surface area contributed by atoms with Crippen molar-refractivity contribution in [2.24, 2.45) is 0 Å². The van der Waals surface area contributed by atoms with E-state index >= 15 is 0 Å². The summed E-state index contributed by atoms with van der Waals surface area (Å²) >= 11 is 3.17. The number of carbonyl (C=O) groups is 1. The molecule has 1 aromatic rings. The molecular formula is C10H8BrFO2. The van der Waals surface area contributed by atoms with E-state index in [1.807, 2.05) is 0 Å². The van der Waals surface area contributed by atoms with Crippen LogP contribution in [0, 0.1) is 5.82 Å². The molecule has 2 rings (SSSR count). The third kappa shape index (κ3) is 1.80. The number of esters is 1. The van der Waals surface area contributed by atoms with Crippen molar-refractivity contribution in [1.29, 1.82) is 0 Å². The van der Waals surface area contributed by atoms with Gasteiger partial charge in [0.2, 0.25) is 0 Å².